The summed E-state index contributed by atoms with van der Waals surface area (Å²) in [7, 11) is 1.45. The van der Waals surface area contributed by atoms with Crippen molar-refractivity contribution in [3.63, 3.8) is 0 Å². The second-order valence-electron chi connectivity index (χ2n) is 3.80. The van der Waals surface area contributed by atoms with E-state index in [9.17, 15) is 18.0 Å². The lowest BCUT2D eigenvalue weighted by molar-refractivity contribution is 0.0695. The van der Waals surface area contributed by atoms with Crippen LogP contribution in [0.3, 0.4) is 0 Å². The molecule has 1 aromatic rings. The summed E-state index contributed by atoms with van der Waals surface area (Å²) in [5, 5.41) is 0. The molecule has 0 spiro atoms. The number of hydrogen-bond donors (Lipinski definition) is 1. The molecule has 0 unspecified atom stereocenters. The fourth-order valence-corrected chi connectivity index (χ4v) is 1.53. The lowest BCUT2D eigenvalue weighted by Crippen LogP contribution is -2.38. The molecule has 0 radical (unpaired) electrons. The summed E-state index contributed by atoms with van der Waals surface area (Å²) in [6.45, 7) is 0.753. The third-order valence-corrected chi connectivity index (χ3v) is 2.52. The average Bonchev–Trinajstić information content (AvgIpc) is 2.40. The van der Waals surface area contributed by atoms with Crippen molar-refractivity contribution in [1.29, 1.82) is 0 Å². The first kappa shape index (κ1) is 15.5. The van der Waals surface area contributed by atoms with Crippen LogP contribution in [-0.2, 0) is 4.74 Å². The fourth-order valence-electron chi connectivity index (χ4n) is 1.53. The Hall–Kier alpha value is -1.60. The van der Waals surface area contributed by atoms with Gasteiger partial charge in [-0.15, -0.1) is 0 Å². The molecule has 0 fully saturated rings. The van der Waals surface area contributed by atoms with Gasteiger partial charge in [-0.1, -0.05) is 0 Å². The number of nitrogens with two attached hydrogens (primary N) is 1. The first-order valence-electron chi connectivity index (χ1n) is 5.64. The zero-order valence-corrected chi connectivity index (χ0v) is 10.5. The molecule has 1 amide bonds. The van der Waals surface area contributed by atoms with Crippen molar-refractivity contribution in [3.8, 4) is 0 Å². The maximum Gasteiger partial charge on any atom is 0.257 e. The van der Waals surface area contributed by atoms with Crippen molar-refractivity contribution in [2.45, 2.75) is 0 Å². The second kappa shape index (κ2) is 7.10. The zero-order valence-electron chi connectivity index (χ0n) is 10.5. The summed E-state index contributed by atoms with van der Waals surface area (Å²) in [5.41, 5.74) is 4.82. The number of methoxy groups -OCH3 is 1. The predicted octanol–water partition coefficient (Wildman–Crippen LogP) is 1.15. The van der Waals surface area contributed by atoms with E-state index in [1.165, 1.54) is 12.0 Å². The number of carbonyl (C=O) groups excluding carboxylic acids is 1. The number of carbonyl (C=O) groups is 1. The Morgan fingerprint density at radius 1 is 1.26 bits per heavy atom. The van der Waals surface area contributed by atoms with Gasteiger partial charge >= 0.3 is 0 Å². The van der Waals surface area contributed by atoms with Gasteiger partial charge in [-0.25, -0.2) is 13.2 Å². The highest BCUT2D eigenvalue weighted by Crippen LogP contribution is 2.16. The molecule has 0 aliphatic heterocycles. The van der Waals surface area contributed by atoms with Gasteiger partial charge in [0.1, 0.15) is 0 Å². The third kappa shape index (κ3) is 3.68. The summed E-state index contributed by atoms with van der Waals surface area (Å²) >= 11 is 0. The van der Waals surface area contributed by atoms with E-state index >= 15 is 0 Å². The van der Waals surface area contributed by atoms with Crippen LogP contribution in [0.4, 0.5) is 13.2 Å². The van der Waals surface area contributed by atoms with E-state index < -0.39 is 28.9 Å². The topological polar surface area (TPSA) is 55.6 Å². The minimum absolute atomic E-state index is 0.167. The molecule has 0 saturated carbocycles. The van der Waals surface area contributed by atoms with Gasteiger partial charge < -0.3 is 15.4 Å². The summed E-state index contributed by atoms with van der Waals surface area (Å²) < 4.78 is 44.2. The van der Waals surface area contributed by atoms with Crippen molar-refractivity contribution in [1.82, 2.24) is 4.90 Å². The van der Waals surface area contributed by atoms with Crippen molar-refractivity contribution in [2.24, 2.45) is 5.73 Å². The summed E-state index contributed by atoms with van der Waals surface area (Å²) in [4.78, 5) is 13.2. The molecule has 0 heterocycles. The van der Waals surface area contributed by atoms with Crippen LogP contribution >= 0.6 is 0 Å². The lowest BCUT2D eigenvalue weighted by atomic mass is 10.1. The Kier molecular flexibility index (Phi) is 5.78. The molecule has 0 aromatic heterocycles. The maximum absolute atomic E-state index is 13.5. The number of ether oxygens (including phenoxy) is 1. The van der Waals surface area contributed by atoms with Gasteiger partial charge in [-0.2, -0.15) is 0 Å². The number of nitrogens with zero attached hydrogens (tertiary/aromatic N) is 1. The Labute approximate surface area is 108 Å². The third-order valence-electron chi connectivity index (χ3n) is 2.52. The van der Waals surface area contributed by atoms with E-state index in [2.05, 4.69) is 0 Å². The number of rotatable bonds is 6. The molecule has 0 atom stereocenters. The monoisotopic (exact) mass is 276 g/mol. The summed E-state index contributed by atoms with van der Waals surface area (Å²) in [5.74, 6) is -5.25. The molecular formula is C12H15F3N2O2. The van der Waals surface area contributed by atoms with Gasteiger partial charge in [0.05, 0.1) is 12.2 Å². The molecule has 7 heteroatoms. The number of halogens is 3. The van der Waals surface area contributed by atoms with Gasteiger partial charge in [-0.3, -0.25) is 4.79 Å². The number of benzene rings is 1. The normalized spacial score (nSPS) is 10.6. The van der Waals surface area contributed by atoms with Crippen LogP contribution < -0.4 is 5.73 Å². The Morgan fingerprint density at radius 2 is 1.95 bits per heavy atom. The minimum Gasteiger partial charge on any atom is -0.383 e. The standard InChI is InChI=1S/C12H15F3N2O2/c1-19-7-6-17(5-4-16)12(18)8-2-3-9(13)11(15)10(8)14/h2-3H,4-7,16H2,1H3. The molecule has 1 rings (SSSR count). The van der Waals surface area contributed by atoms with E-state index in [4.69, 9.17) is 10.5 Å². The van der Waals surface area contributed by atoms with Crippen LogP contribution in [0.5, 0.6) is 0 Å². The van der Waals surface area contributed by atoms with E-state index in [-0.39, 0.29) is 26.2 Å². The molecule has 19 heavy (non-hydrogen) atoms. The molecule has 1 aromatic carbocycles. The lowest BCUT2D eigenvalue weighted by Gasteiger charge is -2.22. The highest BCUT2D eigenvalue weighted by atomic mass is 19.2. The van der Waals surface area contributed by atoms with Crippen molar-refractivity contribution in [2.75, 3.05) is 33.4 Å². The quantitative estimate of drug-likeness (QED) is 0.793. The smallest absolute Gasteiger partial charge is 0.257 e. The Bertz CT molecular complexity index is 455. The largest absolute Gasteiger partial charge is 0.383 e. The highest BCUT2D eigenvalue weighted by molar-refractivity contribution is 5.94. The fraction of sp³-hybridized carbons (Fsp3) is 0.417. The predicted molar refractivity (Wildman–Crippen MR) is 63.1 cm³/mol. The van der Waals surface area contributed by atoms with Gasteiger partial charge in [0.25, 0.3) is 5.91 Å². The van der Waals surface area contributed by atoms with Crippen LogP contribution in [-0.4, -0.2) is 44.2 Å². The van der Waals surface area contributed by atoms with Crippen LogP contribution in [0.15, 0.2) is 12.1 Å². The summed E-state index contributed by atoms with van der Waals surface area (Å²) in [6.07, 6.45) is 0. The van der Waals surface area contributed by atoms with Crippen LogP contribution in [0, 0.1) is 17.5 Å². The van der Waals surface area contributed by atoms with Crippen molar-refractivity contribution in [3.05, 3.63) is 35.1 Å². The molecule has 106 valence electrons. The minimum atomic E-state index is -1.66. The van der Waals surface area contributed by atoms with Gasteiger partial charge in [0.15, 0.2) is 17.5 Å². The first-order valence-corrected chi connectivity index (χ1v) is 5.64. The van der Waals surface area contributed by atoms with Gasteiger partial charge in [0.2, 0.25) is 0 Å². The van der Waals surface area contributed by atoms with E-state index in [1.807, 2.05) is 0 Å². The molecule has 0 saturated heterocycles. The van der Waals surface area contributed by atoms with Crippen LogP contribution in [0.1, 0.15) is 10.4 Å². The molecule has 0 aliphatic carbocycles. The molecule has 0 aliphatic rings. The van der Waals surface area contributed by atoms with Crippen molar-refractivity contribution >= 4 is 5.91 Å². The Balaban J connectivity index is 2.99. The molecule has 4 nitrogen and oxygen atoms in total. The van der Waals surface area contributed by atoms with Crippen LogP contribution in [0.25, 0.3) is 0 Å². The Morgan fingerprint density at radius 3 is 2.53 bits per heavy atom. The second-order valence-corrected chi connectivity index (χ2v) is 3.80. The molecular weight excluding hydrogens is 261 g/mol. The molecule has 2 N–H and O–H groups in total. The van der Waals surface area contributed by atoms with Gasteiger partial charge in [0, 0.05) is 26.7 Å². The number of amides is 1. The number of hydrogen-bond acceptors (Lipinski definition) is 3. The SMILES string of the molecule is COCCN(CCN)C(=O)c1ccc(F)c(F)c1F. The van der Waals surface area contributed by atoms with E-state index in [0.29, 0.717) is 6.07 Å². The maximum atomic E-state index is 13.5. The highest BCUT2D eigenvalue weighted by Gasteiger charge is 2.22. The van der Waals surface area contributed by atoms with E-state index in [1.54, 1.807) is 0 Å². The average molecular weight is 276 g/mol. The van der Waals surface area contributed by atoms with Gasteiger partial charge in [-0.05, 0) is 12.1 Å². The summed E-state index contributed by atoms with van der Waals surface area (Å²) in [6, 6.07) is 1.62. The molecule has 0 bridgehead atoms. The zero-order chi connectivity index (χ0) is 14.4. The van der Waals surface area contributed by atoms with Crippen LogP contribution in [0.2, 0.25) is 0 Å². The van der Waals surface area contributed by atoms with Crippen molar-refractivity contribution < 1.29 is 22.7 Å². The van der Waals surface area contributed by atoms with E-state index in [0.717, 1.165) is 6.07 Å². The first-order chi connectivity index (χ1) is 9.02.